The average Bonchev–Trinajstić information content (AvgIpc) is 2.98. The molecule has 4 rings (SSSR count). The molecule has 0 saturated carbocycles. The zero-order valence-electron chi connectivity index (χ0n) is 16.3. The second-order valence-corrected chi connectivity index (χ2v) is 7.86. The molecule has 2 aliphatic heterocycles. The van der Waals surface area contributed by atoms with E-state index in [-0.39, 0.29) is 24.3 Å². The molecule has 2 fully saturated rings. The second-order valence-electron chi connectivity index (χ2n) is 7.86. The lowest BCUT2D eigenvalue weighted by molar-refractivity contribution is -0.121. The van der Waals surface area contributed by atoms with Crippen LogP contribution in [-0.4, -0.2) is 41.9 Å². The van der Waals surface area contributed by atoms with Crippen molar-refractivity contribution in [2.75, 3.05) is 18.0 Å². The first kappa shape index (κ1) is 18.8. The first-order valence-electron chi connectivity index (χ1n) is 10.1. The molecule has 0 aliphatic carbocycles. The standard InChI is InChI=1S/C23H27N3O2/c1-17-7-9-20(10-8-17)26-22(27)15-21(23(26)28)24-19-11-13-25(14-12-19)16-18-5-3-2-4-6-18/h2-10,19,21,24H,11-16H2,1H3/t21-/m1/s1. The number of imide groups is 1. The van der Waals surface area contributed by atoms with Crippen molar-refractivity contribution in [3.05, 3.63) is 65.7 Å². The Bertz CT molecular complexity index is 827. The van der Waals surface area contributed by atoms with E-state index >= 15 is 0 Å². The zero-order valence-corrected chi connectivity index (χ0v) is 16.3. The Morgan fingerprint density at radius 3 is 2.32 bits per heavy atom. The lowest BCUT2D eigenvalue weighted by Gasteiger charge is -2.33. The van der Waals surface area contributed by atoms with Crippen LogP contribution in [0.3, 0.4) is 0 Å². The van der Waals surface area contributed by atoms with Crippen LogP contribution in [0.4, 0.5) is 5.69 Å². The molecule has 0 aromatic heterocycles. The van der Waals surface area contributed by atoms with Gasteiger partial charge in [-0.1, -0.05) is 48.0 Å². The van der Waals surface area contributed by atoms with Gasteiger partial charge >= 0.3 is 0 Å². The number of anilines is 1. The van der Waals surface area contributed by atoms with Crippen LogP contribution in [0, 0.1) is 6.92 Å². The summed E-state index contributed by atoms with van der Waals surface area (Å²) in [6, 6.07) is 17.9. The molecule has 2 heterocycles. The van der Waals surface area contributed by atoms with Gasteiger partial charge in [-0.05, 0) is 50.6 Å². The maximum absolute atomic E-state index is 12.8. The van der Waals surface area contributed by atoms with Crippen molar-refractivity contribution in [2.24, 2.45) is 0 Å². The summed E-state index contributed by atoms with van der Waals surface area (Å²) in [7, 11) is 0. The molecule has 5 nitrogen and oxygen atoms in total. The Morgan fingerprint density at radius 2 is 1.64 bits per heavy atom. The normalized spacial score (nSPS) is 21.5. The lowest BCUT2D eigenvalue weighted by atomic mass is 10.0. The van der Waals surface area contributed by atoms with Gasteiger partial charge in [0.15, 0.2) is 0 Å². The molecule has 146 valence electrons. The number of carbonyl (C=O) groups excluding carboxylic acids is 2. The van der Waals surface area contributed by atoms with Crippen LogP contribution in [0.15, 0.2) is 54.6 Å². The summed E-state index contributed by atoms with van der Waals surface area (Å²) in [5.74, 6) is -0.242. The number of hydrogen-bond acceptors (Lipinski definition) is 4. The van der Waals surface area contributed by atoms with Gasteiger partial charge in [-0.3, -0.25) is 14.5 Å². The maximum atomic E-state index is 12.8. The van der Waals surface area contributed by atoms with E-state index in [0.29, 0.717) is 5.69 Å². The van der Waals surface area contributed by atoms with E-state index in [4.69, 9.17) is 0 Å². The largest absolute Gasteiger partial charge is 0.303 e. The van der Waals surface area contributed by atoms with Crippen molar-refractivity contribution >= 4 is 17.5 Å². The van der Waals surface area contributed by atoms with E-state index < -0.39 is 6.04 Å². The van der Waals surface area contributed by atoms with Gasteiger partial charge in [0.2, 0.25) is 5.91 Å². The molecule has 1 atom stereocenters. The third kappa shape index (κ3) is 4.16. The molecule has 0 unspecified atom stereocenters. The number of carbonyl (C=O) groups is 2. The van der Waals surface area contributed by atoms with E-state index in [1.807, 2.05) is 37.3 Å². The Balaban J connectivity index is 1.31. The molecular weight excluding hydrogens is 350 g/mol. The second kappa shape index (κ2) is 8.25. The predicted molar refractivity (Wildman–Crippen MR) is 110 cm³/mol. The number of nitrogens with zero attached hydrogens (tertiary/aromatic N) is 2. The fraction of sp³-hybridized carbons (Fsp3) is 0.391. The summed E-state index contributed by atoms with van der Waals surface area (Å²) in [5, 5.41) is 3.45. The maximum Gasteiger partial charge on any atom is 0.251 e. The monoisotopic (exact) mass is 377 g/mol. The minimum atomic E-state index is -0.403. The van der Waals surface area contributed by atoms with Gasteiger partial charge in [-0.25, -0.2) is 4.90 Å². The van der Waals surface area contributed by atoms with Gasteiger partial charge < -0.3 is 5.32 Å². The smallest absolute Gasteiger partial charge is 0.251 e. The van der Waals surface area contributed by atoms with Crippen molar-refractivity contribution in [1.29, 1.82) is 0 Å². The van der Waals surface area contributed by atoms with Crippen LogP contribution in [0.2, 0.25) is 0 Å². The summed E-state index contributed by atoms with van der Waals surface area (Å²) in [4.78, 5) is 29.0. The zero-order chi connectivity index (χ0) is 19.5. The Hall–Kier alpha value is -2.50. The number of benzene rings is 2. The van der Waals surface area contributed by atoms with E-state index in [2.05, 4.69) is 34.5 Å². The number of rotatable bonds is 5. The number of amides is 2. The van der Waals surface area contributed by atoms with Crippen LogP contribution in [0.1, 0.15) is 30.4 Å². The van der Waals surface area contributed by atoms with Crippen molar-refractivity contribution in [1.82, 2.24) is 10.2 Å². The van der Waals surface area contributed by atoms with Crippen LogP contribution < -0.4 is 10.2 Å². The van der Waals surface area contributed by atoms with Crippen molar-refractivity contribution in [3.8, 4) is 0 Å². The summed E-state index contributed by atoms with van der Waals surface area (Å²) in [6.45, 7) is 4.97. The van der Waals surface area contributed by atoms with Crippen LogP contribution in [0.25, 0.3) is 0 Å². The average molecular weight is 377 g/mol. The summed E-state index contributed by atoms with van der Waals surface area (Å²) >= 11 is 0. The SMILES string of the molecule is Cc1ccc(N2C(=O)C[C@@H](NC3CCN(Cc4ccccc4)CC3)C2=O)cc1. The summed E-state index contributed by atoms with van der Waals surface area (Å²) < 4.78 is 0. The molecule has 5 heteroatoms. The first-order chi connectivity index (χ1) is 13.6. The third-order valence-corrected chi connectivity index (χ3v) is 5.71. The minimum Gasteiger partial charge on any atom is -0.303 e. The molecule has 2 saturated heterocycles. The highest BCUT2D eigenvalue weighted by Gasteiger charge is 2.40. The highest BCUT2D eigenvalue weighted by Crippen LogP contribution is 2.24. The number of likely N-dealkylation sites (tertiary alicyclic amines) is 1. The van der Waals surface area contributed by atoms with Gasteiger partial charge in [0.25, 0.3) is 5.91 Å². The van der Waals surface area contributed by atoms with Gasteiger partial charge in [0.1, 0.15) is 0 Å². The summed E-state index contributed by atoms with van der Waals surface area (Å²) in [5.41, 5.74) is 3.11. The third-order valence-electron chi connectivity index (χ3n) is 5.71. The molecular formula is C23H27N3O2. The van der Waals surface area contributed by atoms with E-state index in [1.165, 1.54) is 10.5 Å². The molecule has 0 spiro atoms. The van der Waals surface area contributed by atoms with Crippen LogP contribution >= 0.6 is 0 Å². The van der Waals surface area contributed by atoms with E-state index in [1.54, 1.807) is 0 Å². The Morgan fingerprint density at radius 1 is 0.964 bits per heavy atom. The molecule has 2 amide bonds. The topological polar surface area (TPSA) is 52.7 Å². The molecule has 0 radical (unpaired) electrons. The van der Waals surface area contributed by atoms with Gasteiger partial charge in [-0.2, -0.15) is 0 Å². The number of nitrogens with one attached hydrogen (secondary N) is 1. The molecule has 2 aromatic carbocycles. The number of aryl methyl sites for hydroxylation is 1. The fourth-order valence-electron chi connectivity index (χ4n) is 4.11. The highest BCUT2D eigenvalue weighted by molar-refractivity contribution is 6.22. The van der Waals surface area contributed by atoms with Crippen LogP contribution in [0.5, 0.6) is 0 Å². The lowest BCUT2D eigenvalue weighted by Crippen LogP contribution is -2.48. The molecule has 28 heavy (non-hydrogen) atoms. The highest BCUT2D eigenvalue weighted by atomic mass is 16.2. The minimum absolute atomic E-state index is 0.118. The number of piperidine rings is 1. The van der Waals surface area contributed by atoms with Gasteiger partial charge in [0, 0.05) is 12.6 Å². The first-order valence-corrected chi connectivity index (χ1v) is 10.1. The summed E-state index contributed by atoms with van der Waals surface area (Å²) in [6.07, 6.45) is 2.24. The number of hydrogen-bond donors (Lipinski definition) is 1. The van der Waals surface area contributed by atoms with Crippen LogP contribution in [-0.2, 0) is 16.1 Å². The van der Waals surface area contributed by atoms with E-state index in [9.17, 15) is 9.59 Å². The molecule has 2 aromatic rings. The van der Waals surface area contributed by atoms with Crippen molar-refractivity contribution < 1.29 is 9.59 Å². The predicted octanol–water partition coefficient (Wildman–Crippen LogP) is 2.88. The molecule has 0 bridgehead atoms. The van der Waals surface area contributed by atoms with Gasteiger partial charge in [0.05, 0.1) is 18.2 Å². The quantitative estimate of drug-likeness (QED) is 0.814. The Labute approximate surface area is 166 Å². The fourth-order valence-corrected chi connectivity index (χ4v) is 4.11. The van der Waals surface area contributed by atoms with E-state index in [0.717, 1.165) is 38.0 Å². The Kier molecular flexibility index (Phi) is 5.55. The molecule has 1 N–H and O–H groups in total. The van der Waals surface area contributed by atoms with Gasteiger partial charge in [-0.15, -0.1) is 0 Å². The molecule has 2 aliphatic rings. The van der Waals surface area contributed by atoms with Crippen molar-refractivity contribution in [2.45, 2.75) is 44.8 Å². The van der Waals surface area contributed by atoms with Crippen molar-refractivity contribution in [3.63, 3.8) is 0 Å².